The number of carbonyl (C=O) groups excluding carboxylic acids is 1. The summed E-state index contributed by atoms with van der Waals surface area (Å²) in [5.41, 5.74) is -0.123. The maximum Gasteiger partial charge on any atom is 0.275 e. The highest BCUT2D eigenvalue weighted by atomic mass is 79.9. The maximum absolute atomic E-state index is 13.5. The van der Waals surface area contributed by atoms with Crippen molar-refractivity contribution in [3.05, 3.63) is 46.3 Å². The molecular formula is C13H11BrF2N4O. The molecule has 0 unspecified atom stereocenters. The van der Waals surface area contributed by atoms with Crippen LogP contribution in [0.1, 0.15) is 17.4 Å². The van der Waals surface area contributed by atoms with Crippen LogP contribution in [0, 0.1) is 11.6 Å². The molecule has 0 saturated carbocycles. The van der Waals surface area contributed by atoms with Gasteiger partial charge >= 0.3 is 0 Å². The van der Waals surface area contributed by atoms with Crippen LogP contribution >= 0.6 is 15.9 Å². The standard InChI is InChI=1S/C13H11BrF2N4O/c1-2-17-12-6-18-11(5-19-12)13(21)20-10-3-7(14)8(15)4-9(10)16/h3-6H,2H2,1H3,(H,17,19)(H,20,21). The van der Waals surface area contributed by atoms with E-state index >= 15 is 0 Å². The summed E-state index contributed by atoms with van der Waals surface area (Å²) in [7, 11) is 0. The van der Waals surface area contributed by atoms with Crippen LogP contribution in [0.5, 0.6) is 0 Å². The summed E-state index contributed by atoms with van der Waals surface area (Å²) in [6.45, 7) is 2.58. The van der Waals surface area contributed by atoms with Gasteiger partial charge in [0.15, 0.2) is 0 Å². The second-order valence-electron chi connectivity index (χ2n) is 4.02. The van der Waals surface area contributed by atoms with E-state index in [9.17, 15) is 13.6 Å². The fourth-order valence-corrected chi connectivity index (χ4v) is 1.87. The lowest BCUT2D eigenvalue weighted by Crippen LogP contribution is -2.15. The van der Waals surface area contributed by atoms with Crippen molar-refractivity contribution in [2.75, 3.05) is 17.2 Å². The molecule has 1 amide bonds. The molecular weight excluding hydrogens is 346 g/mol. The van der Waals surface area contributed by atoms with Gasteiger partial charge in [0, 0.05) is 12.6 Å². The minimum Gasteiger partial charge on any atom is -0.369 e. The van der Waals surface area contributed by atoms with Crippen molar-refractivity contribution in [3.63, 3.8) is 0 Å². The maximum atomic E-state index is 13.5. The van der Waals surface area contributed by atoms with Crippen molar-refractivity contribution in [1.29, 1.82) is 0 Å². The third kappa shape index (κ3) is 3.72. The minimum atomic E-state index is -0.874. The van der Waals surface area contributed by atoms with Crippen LogP contribution in [0.3, 0.4) is 0 Å². The van der Waals surface area contributed by atoms with Crippen LogP contribution in [0.2, 0.25) is 0 Å². The summed E-state index contributed by atoms with van der Waals surface area (Å²) in [6.07, 6.45) is 2.67. The molecule has 0 atom stereocenters. The Labute approximate surface area is 127 Å². The monoisotopic (exact) mass is 356 g/mol. The Morgan fingerprint density at radius 3 is 2.62 bits per heavy atom. The SMILES string of the molecule is CCNc1cnc(C(=O)Nc2cc(Br)c(F)cc2F)cn1. The van der Waals surface area contributed by atoms with Crippen LogP contribution in [-0.2, 0) is 0 Å². The van der Waals surface area contributed by atoms with Gasteiger partial charge in [-0.15, -0.1) is 0 Å². The third-order valence-electron chi connectivity index (χ3n) is 2.50. The van der Waals surface area contributed by atoms with Crippen molar-refractivity contribution in [3.8, 4) is 0 Å². The molecule has 0 radical (unpaired) electrons. The Hall–Kier alpha value is -2.09. The Kier molecular flexibility index (Phi) is 4.79. The summed E-state index contributed by atoms with van der Waals surface area (Å²) in [4.78, 5) is 19.8. The number of benzene rings is 1. The zero-order valence-corrected chi connectivity index (χ0v) is 12.5. The quantitative estimate of drug-likeness (QED) is 0.825. The molecule has 0 aliphatic heterocycles. The first-order chi connectivity index (χ1) is 10.0. The summed E-state index contributed by atoms with van der Waals surface area (Å²) in [5, 5.41) is 5.25. The molecule has 2 aromatic rings. The Morgan fingerprint density at radius 2 is 2.00 bits per heavy atom. The Morgan fingerprint density at radius 1 is 1.24 bits per heavy atom. The average Bonchev–Trinajstić information content (AvgIpc) is 2.46. The van der Waals surface area contributed by atoms with E-state index in [1.54, 1.807) is 0 Å². The van der Waals surface area contributed by atoms with Crippen LogP contribution < -0.4 is 10.6 Å². The predicted molar refractivity (Wildman–Crippen MR) is 78.2 cm³/mol. The molecule has 0 aliphatic carbocycles. The summed E-state index contributed by atoms with van der Waals surface area (Å²) >= 11 is 2.92. The van der Waals surface area contributed by atoms with Crippen molar-refractivity contribution < 1.29 is 13.6 Å². The lowest BCUT2D eigenvalue weighted by Gasteiger charge is -2.07. The van der Waals surface area contributed by atoms with E-state index in [2.05, 4.69) is 36.5 Å². The molecule has 2 N–H and O–H groups in total. The lowest BCUT2D eigenvalue weighted by molar-refractivity contribution is 0.102. The number of nitrogens with one attached hydrogen (secondary N) is 2. The normalized spacial score (nSPS) is 10.3. The number of rotatable bonds is 4. The number of nitrogens with zero attached hydrogens (tertiary/aromatic N) is 2. The molecule has 1 heterocycles. The molecule has 0 aliphatic rings. The molecule has 0 spiro atoms. The molecule has 1 aromatic heterocycles. The molecule has 5 nitrogen and oxygen atoms in total. The van der Waals surface area contributed by atoms with Crippen molar-refractivity contribution in [2.24, 2.45) is 0 Å². The molecule has 0 saturated heterocycles. The van der Waals surface area contributed by atoms with Gasteiger partial charge in [-0.05, 0) is 28.9 Å². The first kappa shape index (κ1) is 15.3. The number of halogens is 3. The van der Waals surface area contributed by atoms with Gasteiger partial charge in [0.2, 0.25) is 0 Å². The second kappa shape index (κ2) is 6.57. The van der Waals surface area contributed by atoms with E-state index in [0.29, 0.717) is 18.4 Å². The summed E-state index contributed by atoms with van der Waals surface area (Å²) < 4.78 is 26.7. The fourth-order valence-electron chi connectivity index (χ4n) is 1.52. The van der Waals surface area contributed by atoms with E-state index in [0.717, 1.165) is 6.07 Å². The van der Waals surface area contributed by atoms with E-state index in [4.69, 9.17) is 0 Å². The number of anilines is 2. The number of amides is 1. The van der Waals surface area contributed by atoms with Crippen LogP contribution in [0.25, 0.3) is 0 Å². The zero-order valence-electron chi connectivity index (χ0n) is 11.0. The fraction of sp³-hybridized carbons (Fsp3) is 0.154. The van der Waals surface area contributed by atoms with Gasteiger partial charge < -0.3 is 10.6 Å². The highest BCUT2D eigenvalue weighted by Crippen LogP contribution is 2.24. The first-order valence-electron chi connectivity index (χ1n) is 6.03. The topological polar surface area (TPSA) is 66.9 Å². The molecule has 110 valence electrons. The number of hydrogen-bond acceptors (Lipinski definition) is 4. The van der Waals surface area contributed by atoms with E-state index < -0.39 is 17.5 Å². The van der Waals surface area contributed by atoms with Gasteiger partial charge in [-0.2, -0.15) is 0 Å². The van der Waals surface area contributed by atoms with Gasteiger partial charge in [0.1, 0.15) is 23.1 Å². The summed E-state index contributed by atoms with van der Waals surface area (Å²) in [5.74, 6) is -1.73. The molecule has 1 aromatic carbocycles. The average molecular weight is 357 g/mol. The van der Waals surface area contributed by atoms with Crippen molar-refractivity contribution in [1.82, 2.24) is 9.97 Å². The second-order valence-corrected chi connectivity index (χ2v) is 4.87. The Balaban J connectivity index is 2.16. The van der Waals surface area contributed by atoms with E-state index in [1.807, 2.05) is 6.92 Å². The third-order valence-corrected chi connectivity index (χ3v) is 3.11. The van der Waals surface area contributed by atoms with Crippen molar-refractivity contribution in [2.45, 2.75) is 6.92 Å². The lowest BCUT2D eigenvalue weighted by atomic mass is 10.3. The van der Waals surface area contributed by atoms with Gasteiger partial charge in [0.25, 0.3) is 5.91 Å². The van der Waals surface area contributed by atoms with Gasteiger partial charge in [0.05, 0.1) is 22.6 Å². The van der Waals surface area contributed by atoms with Gasteiger partial charge in [-0.1, -0.05) is 0 Å². The highest BCUT2D eigenvalue weighted by molar-refractivity contribution is 9.10. The van der Waals surface area contributed by atoms with Crippen molar-refractivity contribution >= 4 is 33.3 Å². The van der Waals surface area contributed by atoms with Crippen LogP contribution in [-0.4, -0.2) is 22.4 Å². The molecule has 8 heteroatoms. The van der Waals surface area contributed by atoms with E-state index in [-0.39, 0.29) is 15.9 Å². The largest absolute Gasteiger partial charge is 0.369 e. The van der Waals surface area contributed by atoms with Gasteiger partial charge in [-0.25, -0.2) is 18.7 Å². The predicted octanol–water partition coefficient (Wildman–Crippen LogP) is 3.20. The number of hydrogen-bond donors (Lipinski definition) is 2. The number of carbonyl (C=O) groups is 1. The molecule has 0 fully saturated rings. The number of aromatic nitrogens is 2. The van der Waals surface area contributed by atoms with Crippen LogP contribution in [0.4, 0.5) is 20.3 Å². The zero-order chi connectivity index (χ0) is 15.4. The molecule has 0 bridgehead atoms. The van der Waals surface area contributed by atoms with E-state index in [1.165, 1.54) is 12.4 Å². The summed E-state index contributed by atoms with van der Waals surface area (Å²) in [6, 6.07) is 1.82. The van der Waals surface area contributed by atoms with Gasteiger partial charge in [-0.3, -0.25) is 4.79 Å². The van der Waals surface area contributed by atoms with Crippen LogP contribution in [0.15, 0.2) is 29.0 Å². The smallest absolute Gasteiger partial charge is 0.275 e. The minimum absolute atomic E-state index is 0.0245. The molecule has 2 rings (SSSR count). The first-order valence-corrected chi connectivity index (χ1v) is 6.82. The molecule has 21 heavy (non-hydrogen) atoms. The highest BCUT2D eigenvalue weighted by Gasteiger charge is 2.13. The Bertz CT molecular complexity index is 664.